The van der Waals surface area contributed by atoms with Crippen LogP contribution in [0.25, 0.3) is 0 Å². The Hall–Kier alpha value is -2.71. The molecule has 3 N–H and O–H groups in total. The van der Waals surface area contributed by atoms with E-state index in [0.717, 1.165) is 5.56 Å². The van der Waals surface area contributed by atoms with Crippen molar-refractivity contribution in [3.8, 4) is 5.75 Å². The van der Waals surface area contributed by atoms with Crippen LogP contribution >= 0.6 is 0 Å². The summed E-state index contributed by atoms with van der Waals surface area (Å²) in [6, 6.07) is 5.49. The number of aromatic nitrogens is 3. The maximum Gasteiger partial charge on any atom is 0.573 e. The SMILES string of the molecule is CC(N)=CC(=NCc1ccc(OC(F)(F)F)cc1)n1nc[nH]1. The zero-order valence-corrected chi connectivity index (χ0v) is 11.6. The topological polar surface area (TPSA) is 81.2 Å². The van der Waals surface area contributed by atoms with Gasteiger partial charge in [0.25, 0.3) is 0 Å². The molecule has 0 atom stereocenters. The predicted octanol–water partition coefficient (Wildman–Crippen LogP) is 2.42. The Labute approximate surface area is 124 Å². The molecule has 0 aliphatic carbocycles. The van der Waals surface area contributed by atoms with Gasteiger partial charge in [-0.3, -0.25) is 10.1 Å². The van der Waals surface area contributed by atoms with Crippen molar-refractivity contribution in [1.29, 1.82) is 0 Å². The summed E-state index contributed by atoms with van der Waals surface area (Å²) in [5, 5.41) is 6.70. The van der Waals surface area contributed by atoms with E-state index >= 15 is 0 Å². The monoisotopic (exact) mass is 313 g/mol. The zero-order valence-electron chi connectivity index (χ0n) is 11.6. The van der Waals surface area contributed by atoms with Crippen molar-refractivity contribution in [2.24, 2.45) is 10.7 Å². The first-order chi connectivity index (χ1) is 10.3. The Morgan fingerprint density at radius 3 is 2.50 bits per heavy atom. The minimum absolute atomic E-state index is 0.263. The van der Waals surface area contributed by atoms with Gasteiger partial charge in [0.1, 0.15) is 12.1 Å². The van der Waals surface area contributed by atoms with Gasteiger partial charge in [-0.25, -0.2) is 0 Å². The lowest BCUT2D eigenvalue weighted by Crippen LogP contribution is -2.21. The summed E-state index contributed by atoms with van der Waals surface area (Å²) < 4.78 is 40.0. The molecule has 0 radical (unpaired) electrons. The van der Waals surface area contributed by atoms with Gasteiger partial charge in [0.2, 0.25) is 0 Å². The number of hydrogen-bond donors (Lipinski definition) is 2. The second-order valence-corrected chi connectivity index (χ2v) is 4.44. The van der Waals surface area contributed by atoms with Crippen molar-refractivity contribution in [2.45, 2.75) is 19.8 Å². The maximum absolute atomic E-state index is 12.1. The molecule has 0 fully saturated rings. The minimum atomic E-state index is -4.70. The third-order valence-electron chi connectivity index (χ3n) is 2.51. The lowest BCUT2D eigenvalue weighted by Gasteiger charge is -2.10. The molecule has 2 aromatic rings. The smallest absolute Gasteiger partial charge is 0.406 e. The molecule has 0 bridgehead atoms. The summed E-state index contributed by atoms with van der Waals surface area (Å²) in [7, 11) is 0. The van der Waals surface area contributed by atoms with Crippen LogP contribution in [-0.2, 0) is 6.54 Å². The van der Waals surface area contributed by atoms with Crippen LogP contribution in [0.1, 0.15) is 12.5 Å². The molecule has 0 aliphatic rings. The van der Waals surface area contributed by atoms with E-state index in [2.05, 4.69) is 19.9 Å². The summed E-state index contributed by atoms with van der Waals surface area (Å²) >= 11 is 0. The van der Waals surface area contributed by atoms with E-state index in [4.69, 9.17) is 5.73 Å². The molecule has 1 aromatic carbocycles. The highest BCUT2D eigenvalue weighted by atomic mass is 19.4. The molecular formula is C13H14F3N5O. The van der Waals surface area contributed by atoms with Crippen molar-refractivity contribution in [1.82, 2.24) is 15.0 Å². The van der Waals surface area contributed by atoms with E-state index in [0.29, 0.717) is 11.5 Å². The van der Waals surface area contributed by atoms with Crippen molar-refractivity contribution in [3.05, 3.63) is 47.9 Å². The number of allylic oxidation sites excluding steroid dienone is 2. The third kappa shape index (κ3) is 4.69. The number of aliphatic imine (C=N–C) groups is 1. The molecule has 0 saturated carbocycles. The Bertz CT molecular complexity index is 653. The number of nitrogens with zero attached hydrogens (tertiary/aromatic N) is 3. The average Bonchev–Trinajstić information content (AvgIpc) is 2.33. The van der Waals surface area contributed by atoms with E-state index in [1.54, 1.807) is 13.0 Å². The highest BCUT2D eigenvalue weighted by molar-refractivity contribution is 5.93. The number of halogens is 3. The van der Waals surface area contributed by atoms with Gasteiger partial charge in [0.05, 0.1) is 6.54 Å². The Balaban J connectivity index is 2.07. The first-order valence-electron chi connectivity index (χ1n) is 6.25. The summed E-state index contributed by atoms with van der Waals surface area (Å²) in [6.45, 7) is 1.97. The molecule has 0 aliphatic heterocycles. The van der Waals surface area contributed by atoms with Gasteiger partial charge in [-0.05, 0) is 24.6 Å². The zero-order chi connectivity index (χ0) is 16.2. The Morgan fingerprint density at radius 1 is 1.41 bits per heavy atom. The van der Waals surface area contributed by atoms with Crippen LogP contribution in [0.2, 0.25) is 0 Å². The Morgan fingerprint density at radius 2 is 2.05 bits per heavy atom. The first-order valence-corrected chi connectivity index (χ1v) is 6.25. The molecule has 0 saturated heterocycles. The van der Waals surface area contributed by atoms with Gasteiger partial charge >= 0.3 is 6.36 Å². The van der Waals surface area contributed by atoms with Gasteiger partial charge in [-0.2, -0.15) is 4.80 Å². The molecule has 0 amide bonds. The van der Waals surface area contributed by atoms with Crippen LogP contribution < -0.4 is 10.5 Å². The largest absolute Gasteiger partial charge is 0.573 e. The molecule has 1 heterocycles. The highest BCUT2D eigenvalue weighted by Crippen LogP contribution is 2.22. The number of ether oxygens (including phenoxy) is 1. The number of nitrogens with one attached hydrogen (secondary N) is 1. The van der Waals surface area contributed by atoms with E-state index in [-0.39, 0.29) is 12.3 Å². The number of benzene rings is 1. The standard InChI is InChI=1S/C13H14F3N5O/c1-9(17)6-12(21-19-8-20-21)18-7-10-2-4-11(5-3-10)22-13(14,15)16/h2-6,8H,7,17H2,1H3,(H,19,20). The van der Waals surface area contributed by atoms with Gasteiger partial charge in [0, 0.05) is 11.8 Å². The highest BCUT2D eigenvalue weighted by Gasteiger charge is 2.30. The van der Waals surface area contributed by atoms with E-state index in [1.165, 1.54) is 35.4 Å². The second kappa shape index (κ2) is 6.37. The summed E-state index contributed by atoms with van der Waals surface area (Å²) in [6.07, 6.45) is -1.58. The van der Waals surface area contributed by atoms with Crippen LogP contribution in [0, 0.1) is 0 Å². The molecule has 22 heavy (non-hydrogen) atoms. The van der Waals surface area contributed by atoms with Crippen molar-refractivity contribution >= 4 is 5.84 Å². The van der Waals surface area contributed by atoms with Gasteiger partial charge in [0.15, 0.2) is 5.84 Å². The van der Waals surface area contributed by atoms with Crippen molar-refractivity contribution in [2.75, 3.05) is 0 Å². The molecule has 2 rings (SSSR count). The van der Waals surface area contributed by atoms with Gasteiger partial charge < -0.3 is 10.5 Å². The van der Waals surface area contributed by atoms with Gasteiger partial charge in [-0.1, -0.05) is 12.1 Å². The number of aromatic amines is 1. The number of rotatable bonds is 4. The van der Waals surface area contributed by atoms with Crippen LogP contribution in [0.4, 0.5) is 13.2 Å². The number of hydrogen-bond acceptors (Lipinski definition) is 4. The molecule has 9 heteroatoms. The molecular weight excluding hydrogens is 299 g/mol. The van der Waals surface area contributed by atoms with Crippen molar-refractivity contribution in [3.63, 3.8) is 0 Å². The summed E-state index contributed by atoms with van der Waals surface area (Å²) in [5.41, 5.74) is 6.88. The third-order valence-corrected chi connectivity index (χ3v) is 2.51. The quantitative estimate of drug-likeness (QED) is 0.672. The number of alkyl halides is 3. The Kier molecular flexibility index (Phi) is 4.54. The van der Waals surface area contributed by atoms with Gasteiger partial charge in [-0.15, -0.1) is 18.3 Å². The molecule has 1 aromatic heterocycles. The second-order valence-electron chi connectivity index (χ2n) is 4.44. The lowest BCUT2D eigenvalue weighted by molar-refractivity contribution is -0.274. The molecule has 118 valence electrons. The average molecular weight is 313 g/mol. The van der Waals surface area contributed by atoms with E-state index < -0.39 is 6.36 Å². The number of nitrogens with two attached hydrogens (primary N) is 1. The van der Waals surface area contributed by atoms with Crippen LogP contribution in [0.5, 0.6) is 5.75 Å². The normalized spacial score (nSPS) is 13.5. The molecule has 6 nitrogen and oxygen atoms in total. The van der Waals surface area contributed by atoms with E-state index in [9.17, 15) is 13.2 Å². The fourth-order valence-electron chi connectivity index (χ4n) is 1.59. The minimum Gasteiger partial charge on any atom is -0.406 e. The fourth-order valence-corrected chi connectivity index (χ4v) is 1.59. The van der Waals surface area contributed by atoms with Crippen LogP contribution in [0.3, 0.4) is 0 Å². The maximum atomic E-state index is 12.1. The van der Waals surface area contributed by atoms with Crippen molar-refractivity contribution < 1.29 is 17.9 Å². The molecule has 0 spiro atoms. The lowest BCUT2D eigenvalue weighted by atomic mass is 10.2. The fraction of sp³-hybridized carbons (Fsp3) is 0.231. The molecule has 0 unspecified atom stereocenters. The van der Waals surface area contributed by atoms with E-state index in [1.807, 2.05) is 0 Å². The van der Waals surface area contributed by atoms with Crippen LogP contribution in [-0.4, -0.2) is 27.2 Å². The van der Waals surface area contributed by atoms with Crippen LogP contribution in [0.15, 0.2) is 47.4 Å². The first kappa shape index (κ1) is 15.7. The predicted molar refractivity (Wildman–Crippen MR) is 74.2 cm³/mol. The summed E-state index contributed by atoms with van der Waals surface area (Å²) in [4.78, 5) is 5.74. The number of H-pyrrole nitrogens is 1. The summed E-state index contributed by atoms with van der Waals surface area (Å²) in [5.74, 6) is 0.227.